The molecule has 110 valence electrons. The Morgan fingerprint density at radius 3 is 2.23 bits per heavy atom. The van der Waals surface area contributed by atoms with E-state index in [2.05, 4.69) is 0 Å². The van der Waals surface area contributed by atoms with Crippen LogP contribution in [0.2, 0.25) is 10.0 Å². The van der Waals surface area contributed by atoms with Crippen LogP contribution >= 0.6 is 23.2 Å². The normalized spacial score (nSPS) is 11.2. The first-order valence-corrected chi connectivity index (χ1v) is 6.82. The molecule has 0 N–H and O–H groups in total. The van der Waals surface area contributed by atoms with E-state index in [1.54, 1.807) is 42.5 Å². The number of ether oxygens (including phenoxy) is 2. The summed E-state index contributed by atoms with van der Waals surface area (Å²) in [6.45, 7) is 1.40. The number of rotatable bonds is 5. The molecule has 0 saturated carbocycles. The van der Waals surface area contributed by atoms with E-state index in [9.17, 15) is 9.90 Å². The van der Waals surface area contributed by atoms with Gasteiger partial charge in [-0.3, -0.25) is 0 Å². The summed E-state index contributed by atoms with van der Waals surface area (Å²) < 4.78 is 10.8. The first-order valence-electron chi connectivity index (χ1n) is 6.06. The SMILES string of the molecule is C[C@@H](Oc1ccc(Oc2ccc(Cl)cc2Cl)cc1)C(=O)[O-].[Na+]. The van der Waals surface area contributed by atoms with Gasteiger partial charge in [0.1, 0.15) is 23.4 Å². The van der Waals surface area contributed by atoms with Crippen molar-refractivity contribution in [3.05, 3.63) is 52.5 Å². The molecule has 0 bridgehead atoms. The summed E-state index contributed by atoms with van der Waals surface area (Å²) in [4.78, 5) is 10.6. The quantitative estimate of drug-likeness (QED) is 0.729. The third-order valence-electron chi connectivity index (χ3n) is 2.59. The minimum Gasteiger partial charge on any atom is -0.546 e. The Labute approximate surface area is 160 Å². The Kier molecular flexibility index (Phi) is 7.53. The number of carbonyl (C=O) groups excluding carboxylic acids is 1. The predicted octanol–water partition coefficient (Wildman–Crippen LogP) is 0.307. The van der Waals surface area contributed by atoms with Crippen LogP contribution in [0.5, 0.6) is 17.2 Å². The summed E-state index contributed by atoms with van der Waals surface area (Å²) in [5, 5.41) is 11.5. The van der Waals surface area contributed by atoms with Crippen molar-refractivity contribution in [3.8, 4) is 17.2 Å². The van der Waals surface area contributed by atoms with Crippen LogP contribution in [0.3, 0.4) is 0 Å². The van der Waals surface area contributed by atoms with Gasteiger partial charge in [0.15, 0.2) is 0 Å². The summed E-state index contributed by atoms with van der Waals surface area (Å²) in [6.07, 6.45) is -1.03. The second kappa shape index (κ2) is 8.65. The largest absolute Gasteiger partial charge is 1.00 e. The Balaban J connectivity index is 0.00000242. The topological polar surface area (TPSA) is 58.6 Å². The van der Waals surface area contributed by atoms with Gasteiger partial charge in [-0.05, 0) is 49.4 Å². The zero-order chi connectivity index (χ0) is 15.4. The molecule has 0 aliphatic carbocycles. The number of carboxylic acids is 1. The van der Waals surface area contributed by atoms with Crippen LogP contribution in [-0.2, 0) is 4.79 Å². The van der Waals surface area contributed by atoms with Gasteiger partial charge in [0.2, 0.25) is 0 Å². The average Bonchev–Trinajstić information content (AvgIpc) is 2.43. The number of carbonyl (C=O) groups is 1. The van der Waals surface area contributed by atoms with Crippen LogP contribution in [0.4, 0.5) is 0 Å². The van der Waals surface area contributed by atoms with E-state index in [0.717, 1.165) is 0 Å². The standard InChI is InChI=1S/C15H12Cl2O4.Na/c1-9(15(18)19)20-11-3-5-12(6-4-11)21-14-7-2-10(16)8-13(14)17;/h2-9H,1H3,(H,18,19);/q;+1/p-1/t9-;/m1./s1. The number of hydrogen-bond acceptors (Lipinski definition) is 4. The molecule has 22 heavy (non-hydrogen) atoms. The summed E-state index contributed by atoms with van der Waals surface area (Å²) in [5.74, 6) is 0.134. The summed E-state index contributed by atoms with van der Waals surface area (Å²) in [7, 11) is 0. The van der Waals surface area contributed by atoms with E-state index >= 15 is 0 Å². The van der Waals surface area contributed by atoms with E-state index in [1.165, 1.54) is 6.92 Å². The molecule has 0 saturated heterocycles. The fraction of sp³-hybridized carbons (Fsp3) is 0.133. The van der Waals surface area contributed by atoms with Crippen molar-refractivity contribution in [3.63, 3.8) is 0 Å². The Morgan fingerprint density at radius 1 is 1.09 bits per heavy atom. The monoisotopic (exact) mass is 348 g/mol. The molecule has 2 aromatic carbocycles. The molecule has 0 amide bonds. The maximum Gasteiger partial charge on any atom is 1.00 e. The molecule has 0 radical (unpaired) electrons. The van der Waals surface area contributed by atoms with Crippen LogP contribution in [0.25, 0.3) is 0 Å². The van der Waals surface area contributed by atoms with E-state index < -0.39 is 12.1 Å². The van der Waals surface area contributed by atoms with E-state index in [1.807, 2.05) is 0 Å². The number of aliphatic carboxylic acids is 1. The Morgan fingerprint density at radius 2 is 1.68 bits per heavy atom. The second-order valence-electron chi connectivity index (χ2n) is 4.23. The number of hydrogen-bond donors (Lipinski definition) is 0. The molecular weight excluding hydrogens is 338 g/mol. The van der Waals surface area contributed by atoms with Gasteiger partial charge in [0, 0.05) is 5.02 Å². The Hall–Kier alpha value is -0.910. The van der Waals surface area contributed by atoms with Gasteiger partial charge in [-0.1, -0.05) is 23.2 Å². The summed E-state index contributed by atoms with van der Waals surface area (Å²) >= 11 is 11.8. The van der Waals surface area contributed by atoms with Crippen LogP contribution in [0.1, 0.15) is 6.92 Å². The third kappa shape index (κ3) is 5.38. The van der Waals surface area contributed by atoms with E-state index in [-0.39, 0.29) is 29.6 Å². The maximum absolute atomic E-state index is 10.6. The maximum atomic E-state index is 10.6. The van der Waals surface area contributed by atoms with Gasteiger partial charge in [-0.25, -0.2) is 0 Å². The van der Waals surface area contributed by atoms with Crippen molar-refractivity contribution in [1.82, 2.24) is 0 Å². The second-order valence-corrected chi connectivity index (χ2v) is 5.07. The minimum atomic E-state index is -1.27. The molecule has 0 heterocycles. The number of benzene rings is 2. The van der Waals surface area contributed by atoms with Crippen molar-refractivity contribution in [2.75, 3.05) is 0 Å². The van der Waals surface area contributed by atoms with Crippen molar-refractivity contribution < 1.29 is 48.9 Å². The van der Waals surface area contributed by atoms with Gasteiger partial charge < -0.3 is 19.4 Å². The van der Waals surface area contributed by atoms with Crippen molar-refractivity contribution in [2.24, 2.45) is 0 Å². The zero-order valence-corrected chi connectivity index (χ0v) is 15.5. The summed E-state index contributed by atoms with van der Waals surface area (Å²) in [6, 6.07) is 11.4. The molecule has 2 rings (SSSR count). The van der Waals surface area contributed by atoms with Crippen LogP contribution < -0.4 is 44.1 Å². The minimum absolute atomic E-state index is 0. The number of halogens is 2. The summed E-state index contributed by atoms with van der Waals surface area (Å²) in [5.41, 5.74) is 0. The fourth-order valence-corrected chi connectivity index (χ4v) is 1.97. The molecule has 7 heteroatoms. The predicted molar refractivity (Wildman–Crippen MR) is 78.1 cm³/mol. The first-order chi connectivity index (χ1) is 9.95. The van der Waals surface area contributed by atoms with Crippen LogP contribution in [-0.4, -0.2) is 12.1 Å². The van der Waals surface area contributed by atoms with Gasteiger partial charge in [0.05, 0.1) is 11.0 Å². The van der Waals surface area contributed by atoms with Crippen LogP contribution in [0.15, 0.2) is 42.5 Å². The molecule has 0 aliphatic rings. The average molecular weight is 349 g/mol. The Bertz CT molecular complexity index is 646. The van der Waals surface area contributed by atoms with E-state index in [4.69, 9.17) is 32.7 Å². The van der Waals surface area contributed by atoms with Crippen LogP contribution in [0, 0.1) is 0 Å². The smallest absolute Gasteiger partial charge is 0.546 e. The number of carboxylic acid groups (broad SMARTS) is 1. The molecular formula is C15H11Cl2NaO4. The molecule has 0 unspecified atom stereocenters. The molecule has 0 spiro atoms. The first kappa shape index (κ1) is 19.1. The third-order valence-corrected chi connectivity index (χ3v) is 3.12. The fourth-order valence-electron chi connectivity index (χ4n) is 1.52. The van der Waals surface area contributed by atoms with E-state index in [0.29, 0.717) is 27.3 Å². The zero-order valence-electron chi connectivity index (χ0n) is 12.0. The molecule has 0 fully saturated rings. The molecule has 1 atom stereocenters. The van der Waals surface area contributed by atoms with Crippen molar-refractivity contribution in [1.29, 1.82) is 0 Å². The van der Waals surface area contributed by atoms with Crippen molar-refractivity contribution in [2.45, 2.75) is 13.0 Å². The van der Waals surface area contributed by atoms with Gasteiger partial charge in [-0.15, -0.1) is 0 Å². The molecule has 0 aliphatic heterocycles. The molecule has 0 aromatic heterocycles. The van der Waals surface area contributed by atoms with Gasteiger partial charge >= 0.3 is 29.6 Å². The van der Waals surface area contributed by atoms with Gasteiger partial charge in [0.25, 0.3) is 0 Å². The molecule has 4 nitrogen and oxygen atoms in total. The molecule has 2 aromatic rings. The van der Waals surface area contributed by atoms with Gasteiger partial charge in [-0.2, -0.15) is 0 Å². The van der Waals surface area contributed by atoms with Crippen molar-refractivity contribution >= 4 is 29.2 Å².